The summed E-state index contributed by atoms with van der Waals surface area (Å²) in [5.74, 6) is 0.803. The van der Waals surface area contributed by atoms with E-state index in [-0.39, 0.29) is 5.78 Å². The zero-order chi connectivity index (χ0) is 15.5. The maximum Gasteiger partial charge on any atom is 0.172 e. The Balaban J connectivity index is 2.23. The number of hydrogen-bond acceptors (Lipinski definition) is 1. The highest BCUT2D eigenvalue weighted by Crippen LogP contribution is 2.27. The van der Waals surface area contributed by atoms with Gasteiger partial charge in [-0.15, -0.1) is 0 Å². The summed E-state index contributed by atoms with van der Waals surface area (Å²) < 4.78 is 0. The fourth-order valence-electron chi connectivity index (χ4n) is 2.61. The van der Waals surface area contributed by atoms with Crippen molar-refractivity contribution in [2.75, 3.05) is 0 Å². The molecule has 0 aliphatic rings. The summed E-state index contributed by atoms with van der Waals surface area (Å²) in [5, 5.41) is 0. The van der Waals surface area contributed by atoms with Crippen molar-refractivity contribution in [2.24, 2.45) is 5.92 Å². The van der Waals surface area contributed by atoms with Gasteiger partial charge in [0.15, 0.2) is 5.78 Å². The number of Topliss-reactive ketones (excluding diaryl/α,β-unsaturated/α-hetero) is 1. The number of rotatable bonds is 5. The standard InChI is InChI=1S/C20H24O/c1-15(2)14-16-10-12-17(13-11-16)19(21)20(3,4)18-8-6-5-7-9-18/h5-13,15H,14H2,1-4H3. The van der Waals surface area contributed by atoms with Crippen LogP contribution in [0, 0.1) is 5.92 Å². The first-order chi connectivity index (χ1) is 9.91. The van der Waals surface area contributed by atoms with Crippen molar-refractivity contribution in [3.05, 3.63) is 71.3 Å². The van der Waals surface area contributed by atoms with Gasteiger partial charge < -0.3 is 0 Å². The molecule has 0 radical (unpaired) electrons. The van der Waals surface area contributed by atoms with E-state index in [4.69, 9.17) is 0 Å². The van der Waals surface area contributed by atoms with Gasteiger partial charge in [-0.3, -0.25) is 4.79 Å². The molecule has 0 fully saturated rings. The van der Waals surface area contributed by atoms with Gasteiger partial charge in [0, 0.05) is 5.56 Å². The summed E-state index contributed by atoms with van der Waals surface area (Å²) in [6, 6.07) is 18.1. The molecule has 1 heteroatoms. The number of carbonyl (C=O) groups excluding carboxylic acids is 1. The third-order valence-corrected chi connectivity index (χ3v) is 3.92. The molecule has 0 aromatic heterocycles. The molecule has 0 saturated carbocycles. The zero-order valence-electron chi connectivity index (χ0n) is 13.4. The summed E-state index contributed by atoms with van der Waals surface area (Å²) >= 11 is 0. The predicted molar refractivity (Wildman–Crippen MR) is 88.8 cm³/mol. The van der Waals surface area contributed by atoms with Gasteiger partial charge in [-0.05, 0) is 37.3 Å². The van der Waals surface area contributed by atoms with Crippen LogP contribution in [0.4, 0.5) is 0 Å². The molecule has 1 nitrogen and oxygen atoms in total. The lowest BCUT2D eigenvalue weighted by Crippen LogP contribution is -2.29. The van der Waals surface area contributed by atoms with Crippen LogP contribution in [0.1, 0.15) is 49.2 Å². The third-order valence-electron chi connectivity index (χ3n) is 3.92. The van der Waals surface area contributed by atoms with Gasteiger partial charge in [0.25, 0.3) is 0 Å². The highest BCUT2D eigenvalue weighted by molar-refractivity contribution is 6.03. The van der Waals surface area contributed by atoms with Crippen LogP contribution >= 0.6 is 0 Å². The van der Waals surface area contributed by atoms with Crippen LogP contribution in [0.15, 0.2) is 54.6 Å². The number of benzene rings is 2. The quantitative estimate of drug-likeness (QED) is 0.701. The Morgan fingerprint density at radius 2 is 1.52 bits per heavy atom. The van der Waals surface area contributed by atoms with Crippen molar-refractivity contribution in [1.82, 2.24) is 0 Å². The highest BCUT2D eigenvalue weighted by Gasteiger charge is 2.30. The fraction of sp³-hybridized carbons (Fsp3) is 0.350. The average Bonchev–Trinajstić information content (AvgIpc) is 2.47. The van der Waals surface area contributed by atoms with Gasteiger partial charge in [0.2, 0.25) is 0 Å². The van der Waals surface area contributed by atoms with Crippen LogP contribution in [-0.2, 0) is 11.8 Å². The molecule has 0 aliphatic heterocycles. The van der Waals surface area contributed by atoms with E-state index >= 15 is 0 Å². The molecule has 0 heterocycles. The fourth-order valence-corrected chi connectivity index (χ4v) is 2.61. The maximum atomic E-state index is 12.8. The topological polar surface area (TPSA) is 17.1 Å². The Hall–Kier alpha value is -1.89. The van der Waals surface area contributed by atoms with Crippen LogP contribution in [0.5, 0.6) is 0 Å². The zero-order valence-corrected chi connectivity index (χ0v) is 13.4. The monoisotopic (exact) mass is 280 g/mol. The van der Waals surface area contributed by atoms with E-state index in [9.17, 15) is 4.79 Å². The first kappa shape index (κ1) is 15.5. The first-order valence-electron chi connectivity index (χ1n) is 7.60. The number of hydrogen-bond donors (Lipinski definition) is 0. The normalized spacial score (nSPS) is 11.7. The van der Waals surface area contributed by atoms with E-state index in [1.807, 2.05) is 56.3 Å². The summed E-state index contributed by atoms with van der Waals surface area (Å²) in [5.41, 5.74) is 2.64. The molecule has 0 unspecified atom stereocenters. The van der Waals surface area contributed by atoms with E-state index in [0.717, 1.165) is 17.5 Å². The van der Waals surface area contributed by atoms with Crippen molar-refractivity contribution in [3.8, 4) is 0 Å². The third kappa shape index (κ3) is 3.60. The van der Waals surface area contributed by atoms with Crippen LogP contribution in [0.3, 0.4) is 0 Å². The number of ketones is 1. The SMILES string of the molecule is CC(C)Cc1ccc(C(=O)C(C)(C)c2ccccc2)cc1. The largest absolute Gasteiger partial charge is 0.293 e. The minimum Gasteiger partial charge on any atom is -0.293 e. The molecule has 0 atom stereocenters. The van der Waals surface area contributed by atoms with Crippen molar-refractivity contribution >= 4 is 5.78 Å². The lowest BCUT2D eigenvalue weighted by molar-refractivity contribution is 0.0909. The molecule has 0 N–H and O–H groups in total. The Morgan fingerprint density at radius 3 is 2.05 bits per heavy atom. The molecule has 110 valence electrons. The molecule has 0 saturated heterocycles. The lowest BCUT2D eigenvalue weighted by Gasteiger charge is -2.24. The number of carbonyl (C=O) groups is 1. The summed E-state index contributed by atoms with van der Waals surface area (Å²) in [6.45, 7) is 8.40. The molecular formula is C20H24O. The van der Waals surface area contributed by atoms with Crippen LogP contribution < -0.4 is 0 Å². The van der Waals surface area contributed by atoms with E-state index in [0.29, 0.717) is 5.92 Å². The van der Waals surface area contributed by atoms with Gasteiger partial charge in [0.05, 0.1) is 5.41 Å². The smallest absolute Gasteiger partial charge is 0.172 e. The Kier molecular flexibility index (Phi) is 4.62. The average molecular weight is 280 g/mol. The maximum absolute atomic E-state index is 12.8. The van der Waals surface area contributed by atoms with E-state index in [1.54, 1.807) is 0 Å². The summed E-state index contributed by atoms with van der Waals surface area (Å²) in [4.78, 5) is 12.8. The van der Waals surface area contributed by atoms with E-state index in [1.165, 1.54) is 5.56 Å². The molecule has 2 aromatic rings. The lowest BCUT2D eigenvalue weighted by atomic mass is 9.78. The first-order valence-corrected chi connectivity index (χ1v) is 7.60. The Morgan fingerprint density at radius 1 is 0.952 bits per heavy atom. The molecule has 0 spiro atoms. The van der Waals surface area contributed by atoms with Crippen molar-refractivity contribution < 1.29 is 4.79 Å². The van der Waals surface area contributed by atoms with Gasteiger partial charge >= 0.3 is 0 Å². The molecule has 2 aromatic carbocycles. The van der Waals surface area contributed by atoms with Crippen molar-refractivity contribution in [1.29, 1.82) is 0 Å². The second-order valence-corrected chi connectivity index (χ2v) is 6.62. The molecule has 0 amide bonds. The van der Waals surface area contributed by atoms with Crippen molar-refractivity contribution in [2.45, 2.75) is 39.5 Å². The van der Waals surface area contributed by atoms with Gasteiger partial charge in [-0.25, -0.2) is 0 Å². The van der Waals surface area contributed by atoms with E-state index < -0.39 is 5.41 Å². The Labute approximate surface area is 128 Å². The predicted octanol–water partition coefficient (Wildman–Crippen LogP) is 5.05. The van der Waals surface area contributed by atoms with Crippen LogP contribution in [-0.4, -0.2) is 5.78 Å². The minimum atomic E-state index is -0.499. The molecule has 2 rings (SSSR count). The second kappa shape index (κ2) is 6.26. The van der Waals surface area contributed by atoms with Crippen LogP contribution in [0.25, 0.3) is 0 Å². The van der Waals surface area contributed by atoms with Crippen molar-refractivity contribution in [3.63, 3.8) is 0 Å². The summed E-state index contributed by atoms with van der Waals surface area (Å²) in [7, 11) is 0. The molecule has 0 aliphatic carbocycles. The van der Waals surface area contributed by atoms with Crippen LogP contribution in [0.2, 0.25) is 0 Å². The molecule has 21 heavy (non-hydrogen) atoms. The highest BCUT2D eigenvalue weighted by atomic mass is 16.1. The summed E-state index contributed by atoms with van der Waals surface area (Å²) in [6.07, 6.45) is 1.05. The van der Waals surface area contributed by atoms with Gasteiger partial charge in [-0.1, -0.05) is 68.4 Å². The van der Waals surface area contributed by atoms with E-state index in [2.05, 4.69) is 26.0 Å². The molecular weight excluding hydrogens is 256 g/mol. The second-order valence-electron chi connectivity index (χ2n) is 6.62. The molecule has 0 bridgehead atoms. The van der Waals surface area contributed by atoms with Gasteiger partial charge in [0.1, 0.15) is 0 Å². The van der Waals surface area contributed by atoms with Gasteiger partial charge in [-0.2, -0.15) is 0 Å². The Bertz CT molecular complexity index is 591. The minimum absolute atomic E-state index is 0.171.